The number of nitrogens with one attached hydrogen (secondary N) is 1. The maximum absolute atomic E-state index is 13.0. The summed E-state index contributed by atoms with van der Waals surface area (Å²) in [6.45, 7) is 1.59. The monoisotopic (exact) mass is 422 g/mol. The molecule has 1 heterocycles. The van der Waals surface area contributed by atoms with Gasteiger partial charge in [-0.15, -0.1) is 0 Å². The smallest absolute Gasteiger partial charge is 0.269 e. The van der Waals surface area contributed by atoms with E-state index in [1.54, 1.807) is 43.3 Å². The molecule has 1 aliphatic heterocycles. The lowest BCUT2D eigenvalue weighted by molar-refractivity contribution is -0.112. The lowest BCUT2D eigenvalue weighted by atomic mass is 10.0. The van der Waals surface area contributed by atoms with Gasteiger partial charge in [-0.3, -0.25) is 9.10 Å². The number of hydrogen-bond donors (Lipinski definition) is 1. The molecular formula is C19H19ClN2O5S. The summed E-state index contributed by atoms with van der Waals surface area (Å²) in [6.07, 6.45) is 0. The van der Waals surface area contributed by atoms with Gasteiger partial charge in [0, 0.05) is 29.4 Å². The number of halogens is 1. The van der Waals surface area contributed by atoms with Gasteiger partial charge in [-0.05, 0) is 42.8 Å². The van der Waals surface area contributed by atoms with Gasteiger partial charge in [0.25, 0.3) is 15.9 Å². The Morgan fingerprint density at radius 3 is 2.21 bits per heavy atom. The number of methoxy groups -OCH3 is 2. The first-order valence-corrected chi connectivity index (χ1v) is 10.1. The molecule has 1 aliphatic rings. The molecule has 3 rings (SSSR count). The maximum atomic E-state index is 13.0. The SMILES string of the molecule is COc1cc2c(cc1OC)N(C)S(=O)(=O)C(C(=O)Nc1ccc(Cl)cc1)=C2C. The van der Waals surface area contributed by atoms with Crippen LogP contribution in [-0.2, 0) is 14.8 Å². The maximum Gasteiger partial charge on any atom is 0.269 e. The Morgan fingerprint density at radius 2 is 1.64 bits per heavy atom. The van der Waals surface area contributed by atoms with E-state index in [9.17, 15) is 13.2 Å². The van der Waals surface area contributed by atoms with E-state index in [4.69, 9.17) is 21.1 Å². The van der Waals surface area contributed by atoms with E-state index in [2.05, 4.69) is 5.32 Å². The normalized spacial score (nSPS) is 15.1. The number of carbonyl (C=O) groups is 1. The second kappa shape index (κ2) is 7.37. The molecule has 2 aromatic rings. The zero-order chi connectivity index (χ0) is 20.6. The van der Waals surface area contributed by atoms with Gasteiger partial charge < -0.3 is 14.8 Å². The third-order valence-corrected chi connectivity index (χ3v) is 6.69. The van der Waals surface area contributed by atoms with Gasteiger partial charge in [0.2, 0.25) is 0 Å². The van der Waals surface area contributed by atoms with E-state index in [-0.39, 0.29) is 4.91 Å². The molecule has 0 atom stereocenters. The number of rotatable bonds is 4. The number of nitrogens with zero attached hydrogens (tertiary/aromatic N) is 1. The zero-order valence-corrected chi connectivity index (χ0v) is 17.3. The summed E-state index contributed by atoms with van der Waals surface area (Å²) in [6, 6.07) is 9.63. The van der Waals surface area contributed by atoms with E-state index in [0.717, 1.165) is 4.31 Å². The molecule has 7 nitrogen and oxygen atoms in total. The number of carbonyl (C=O) groups excluding carboxylic acids is 1. The molecule has 148 valence electrons. The fraction of sp³-hybridized carbons (Fsp3) is 0.211. The Balaban J connectivity index is 2.14. The number of ether oxygens (including phenoxy) is 2. The first-order chi connectivity index (χ1) is 13.2. The van der Waals surface area contributed by atoms with E-state index in [1.165, 1.54) is 21.3 Å². The average Bonchev–Trinajstić information content (AvgIpc) is 2.67. The third-order valence-electron chi connectivity index (χ3n) is 4.51. The molecular weight excluding hydrogens is 404 g/mol. The standard InChI is InChI=1S/C19H19ClN2O5S/c1-11-14-9-16(26-3)17(27-4)10-15(14)22(2)28(24,25)18(11)19(23)21-13-7-5-12(20)6-8-13/h5-10H,1-4H3,(H,21,23). The first kappa shape index (κ1) is 20.0. The summed E-state index contributed by atoms with van der Waals surface area (Å²) in [4.78, 5) is 12.5. The topological polar surface area (TPSA) is 84.9 Å². The molecule has 0 radical (unpaired) electrons. The molecule has 0 saturated carbocycles. The number of benzene rings is 2. The van der Waals surface area contributed by atoms with E-state index < -0.39 is 15.9 Å². The lowest BCUT2D eigenvalue weighted by Gasteiger charge is -2.30. The van der Waals surface area contributed by atoms with Crippen LogP contribution in [0.1, 0.15) is 12.5 Å². The molecule has 0 aromatic heterocycles. The highest BCUT2D eigenvalue weighted by atomic mass is 35.5. The molecule has 2 aromatic carbocycles. The highest BCUT2D eigenvalue weighted by Crippen LogP contribution is 2.44. The number of hydrogen-bond acceptors (Lipinski definition) is 5. The Hall–Kier alpha value is -2.71. The quantitative estimate of drug-likeness (QED) is 0.815. The summed E-state index contributed by atoms with van der Waals surface area (Å²) in [7, 11) is 0.287. The van der Waals surface area contributed by atoms with Crippen LogP contribution in [0.3, 0.4) is 0 Å². The molecule has 0 aliphatic carbocycles. The molecule has 0 unspecified atom stereocenters. The van der Waals surface area contributed by atoms with Gasteiger partial charge in [0.1, 0.15) is 0 Å². The van der Waals surface area contributed by atoms with Gasteiger partial charge in [-0.2, -0.15) is 0 Å². The number of sulfonamides is 1. The van der Waals surface area contributed by atoms with E-state index >= 15 is 0 Å². The summed E-state index contributed by atoms with van der Waals surface area (Å²) in [5, 5.41) is 3.12. The highest BCUT2D eigenvalue weighted by molar-refractivity contribution is 7.97. The van der Waals surface area contributed by atoms with Crippen LogP contribution >= 0.6 is 11.6 Å². The van der Waals surface area contributed by atoms with Crippen molar-refractivity contribution < 1.29 is 22.7 Å². The summed E-state index contributed by atoms with van der Waals surface area (Å²) < 4.78 is 37.7. The van der Waals surface area contributed by atoms with Crippen LogP contribution in [0.15, 0.2) is 41.3 Å². The van der Waals surface area contributed by atoms with Crippen molar-refractivity contribution in [1.29, 1.82) is 0 Å². The molecule has 28 heavy (non-hydrogen) atoms. The van der Waals surface area contributed by atoms with Crippen molar-refractivity contribution in [2.45, 2.75) is 6.92 Å². The molecule has 9 heteroatoms. The van der Waals surface area contributed by atoms with Crippen molar-refractivity contribution >= 4 is 44.5 Å². The van der Waals surface area contributed by atoms with Crippen LogP contribution in [0, 0.1) is 0 Å². The van der Waals surface area contributed by atoms with Crippen molar-refractivity contribution in [3.63, 3.8) is 0 Å². The van der Waals surface area contributed by atoms with Crippen LogP contribution in [0.25, 0.3) is 5.57 Å². The first-order valence-electron chi connectivity index (χ1n) is 8.23. The molecule has 0 bridgehead atoms. The Bertz CT molecular complexity index is 1080. The molecule has 1 N–H and O–H groups in total. The largest absolute Gasteiger partial charge is 0.493 e. The van der Waals surface area contributed by atoms with Gasteiger partial charge >= 0.3 is 0 Å². The van der Waals surface area contributed by atoms with Crippen molar-refractivity contribution in [3.8, 4) is 11.5 Å². The predicted molar refractivity (Wildman–Crippen MR) is 110 cm³/mol. The van der Waals surface area contributed by atoms with E-state index in [0.29, 0.717) is 39.0 Å². The van der Waals surface area contributed by atoms with Crippen molar-refractivity contribution in [2.24, 2.45) is 0 Å². The highest BCUT2D eigenvalue weighted by Gasteiger charge is 2.38. The third kappa shape index (κ3) is 3.29. The van der Waals surface area contributed by atoms with Gasteiger partial charge in [0.15, 0.2) is 16.4 Å². The van der Waals surface area contributed by atoms with Gasteiger partial charge in [0.05, 0.1) is 19.9 Å². The minimum atomic E-state index is -4.06. The molecule has 0 fully saturated rings. The van der Waals surface area contributed by atoms with Gasteiger partial charge in [-0.25, -0.2) is 8.42 Å². The van der Waals surface area contributed by atoms with Gasteiger partial charge in [-0.1, -0.05) is 11.6 Å². The molecule has 0 spiro atoms. The summed E-state index contributed by atoms with van der Waals surface area (Å²) in [5.41, 5.74) is 1.72. The number of allylic oxidation sites excluding steroid dienone is 1. The minimum absolute atomic E-state index is 0.320. The molecule has 1 amide bonds. The Kier molecular flexibility index (Phi) is 5.27. The van der Waals surface area contributed by atoms with Crippen LogP contribution < -0.4 is 19.1 Å². The van der Waals surface area contributed by atoms with Crippen LogP contribution in [0.4, 0.5) is 11.4 Å². The zero-order valence-electron chi connectivity index (χ0n) is 15.7. The second-order valence-electron chi connectivity index (χ2n) is 6.11. The second-order valence-corrected chi connectivity index (χ2v) is 8.45. The van der Waals surface area contributed by atoms with Crippen LogP contribution in [0.2, 0.25) is 5.02 Å². The summed E-state index contributed by atoms with van der Waals surface area (Å²) >= 11 is 5.85. The molecule has 0 saturated heterocycles. The number of anilines is 2. The van der Waals surface area contributed by atoms with Crippen LogP contribution in [0.5, 0.6) is 11.5 Å². The van der Waals surface area contributed by atoms with E-state index in [1.807, 2.05) is 0 Å². The van der Waals surface area contributed by atoms with Crippen molar-refractivity contribution in [1.82, 2.24) is 0 Å². The van der Waals surface area contributed by atoms with Crippen molar-refractivity contribution in [3.05, 3.63) is 51.9 Å². The Labute approximate surface area is 168 Å². The average molecular weight is 423 g/mol. The van der Waals surface area contributed by atoms with Crippen molar-refractivity contribution in [2.75, 3.05) is 30.9 Å². The summed E-state index contributed by atoms with van der Waals surface area (Å²) in [5.74, 6) is 0.100. The van der Waals surface area contributed by atoms with Crippen LogP contribution in [-0.4, -0.2) is 35.6 Å². The predicted octanol–water partition coefficient (Wildman–Crippen LogP) is 3.51. The lowest BCUT2D eigenvalue weighted by Crippen LogP contribution is -2.36. The number of fused-ring (bicyclic) bond motifs is 1. The minimum Gasteiger partial charge on any atom is -0.493 e. The fourth-order valence-corrected chi connectivity index (χ4v) is 4.61. The Morgan fingerprint density at radius 1 is 1.07 bits per heavy atom. The number of amides is 1. The fourth-order valence-electron chi connectivity index (χ4n) is 3.02.